The van der Waals surface area contributed by atoms with Gasteiger partial charge < -0.3 is 25.0 Å². The van der Waals surface area contributed by atoms with Gasteiger partial charge in [0.2, 0.25) is 5.91 Å². The van der Waals surface area contributed by atoms with E-state index in [9.17, 15) is 9.59 Å². The Morgan fingerprint density at radius 1 is 1.15 bits per heavy atom. The van der Waals surface area contributed by atoms with Crippen molar-refractivity contribution >= 4 is 12.0 Å². The van der Waals surface area contributed by atoms with Crippen LogP contribution < -0.4 is 15.4 Å². The van der Waals surface area contributed by atoms with Crippen LogP contribution >= 0.6 is 0 Å². The number of nitrogens with one attached hydrogen (secondary N) is 2. The van der Waals surface area contributed by atoms with Crippen LogP contribution in [-0.2, 0) is 15.5 Å². The highest BCUT2D eigenvalue weighted by Gasteiger charge is 2.47. The highest BCUT2D eigenvalue weighted by molar-refractivity contribution is 5.83. The number of nitrogens with zero attached hydrogens (tertiary/aromatic N) is 1. The molecule has 0 aromatic heterocycles. The molecule has 1 unspecified atom stereocenters. The van der Waals surface area contributed by atoms with E-state index in [0.29, 0.717) is 25.2 Å². The first kappa shape index (κ1) is 26.8. The predicted molar refractivity (Wildman–Crippen MR) is 123 cm³/mol. The van der Waals surface area contributed by atoms with Gasteiger partial charge in [-0.1, -0.05) is 13.3 Å². The number of benzene rings is 1. The Morgan fingerprint density at radius 2 is 1.76 bits per heavy atom. The van der Waals surface area contributed by atoms with Gasteiger partial charge in [0.25, 0.3) is 5.92 Å². The molecule has 1 aromatic rings. The Kier molecular flexibility index (Phi) is 9.46. The molecular weight excluding hydrogens is 432 g/mol. The molecule has 0 saturated carbocycles. The lowest BCUT2D eigenvalue weighted by Crippen LogP contribution is -2.56. The summed E-state index contributed by atoms with van der Waals surface area (Å²) in [6.07, 6.45) is 2.29. The van der Waals surface area contributed by atoms with Crippen molar-refractivity contribution in [2.24, 2.45) is 0 Å². The Morgan fingerprint density at radius 3 is 2.27 bits per heavy atom. The zero-order chi connectivity index (χ0) is 24.6. The molecule has 1 aliphatic heterocycles. The van der Waals surface area contributed by atoms with Crippen molar-refractivity contribution < 1.29 is 27.8 Å². The molecule has 1 aliphatic rings. The number of likely N-dealkylation sites (N-methyl/N-ethyl adjacent to an activating group) is 1. The SMILES string of the molecule is CCCCOc1ccc(C(F)(F)C(NC)C(=O)N2CCC(NC(=O)OC(C)(C)C)CC2)cc1. The lowest BCUT2D eigenvalue weighted by atomic mass is 9.98. The number of hydrogen-bond donors (Lipinski definition) is 2. The van der Waals surface area contributed by atoms with E-state index in [1.165, 1.54) is 36.2 Å². The van der Waals surface area contributed by atoms with Crippen LogP contribution in [0.25, 0.3) is 0 Å². The molecule has 1 heterocycles. The van der Waals surface area contributed by atoms with Crippen molar-refractivity contribution in [1.29, 1.82) is 0 Å². The first-order valence-electron chi connectivity index (χ1n) is 11.5. The molecular formula is C24H37F2N3O4. The minimum Gasteiger partial charge on any atom is -0.494 e. The van der Waals surface area contributed by atoms with E-state index in [0.717, 1.165) is 12.8 Å². The third-order valence-corrected chi connectivity index (χ3v) is 5.43. The standard InChI is InChI=1S/C24H37F2N3O4/c1-6-7-16-32-19-10-8-17(9-11-19)24(25,26)20(27-5)21(30)29-14-12-18(13-15-29)28-22(31)33-23(2,3)4/h8-11,18,20,27H,6-7,12-16H2,1-5H3,(H,28,31). The van der Waals surface area contributed by atoms with E-state index >= 15 is 8.78 Å². The normalized spacial score (nSPS) is 16.3. The number of amides is 2. The number of hydrogen-bond acceptors (Lipinski definition) is 5. The summed E-state index contributed by atoms with van der Waals surface area (Å²) in [7, 11) is 1.36. The third kappa shape index (κ3) is 7.84. The fourth-order valence-corrected chi connectivity index (χ4v) is 3.64. The Bertz CT molecular complexity index is 773. The summed E-state index contributed by atoms with van der Waals surface area (Å²) in [5.74, 6) is -3.55. The van der Waals surface area contributed by atoms with Crippen molar-refractivity contribution in [1.82, 2.24) is 15.5 Å². The summed E-state index contributed by atoms with van der Waals surface area (Å²) in [4.78, 5) is 26.3. The second-order valence-corrected chi connectivity index (χ2v) is 9.32. The van der Waals surface area contributed by atoms with Gasteiger partial charge in [-0.05, 0) is 71.3 Å². The summed E-state index contributed by atoms with van der Waals surface area (Å²) in [6.45, 7) is 8.46. The number of alkyl carbamates (subject to hydrolysis) is 1. The monoisotopic (exact) mass is 469 g/mol. The summed E-state index contributed by atoms with van der Waals surface area (Å²) < 4.78 is 41.3. The van der Waals surface area contributed by atoms with Crippen molar-refractivity contribution in [2.45, 2.75) is 77.0 Å². The number of carbonyl (C=O) groups is 2. The number of alkyl halides is 2. The van der Waals surface area contributed by atoms with Gasteiger partial charge in [-0.2, -0.15) is 8.78 Å². The Balaban J connectivity index is 1.96. The fraction of sp³-hybridized carbons (Fsp3) is 0.667. The van der Waals surface area contributed by atoms with E-state index in [1.807, 2.05) is 6.92 Å². The molecule has 9 heteroatoms. The number of rotatable bonds is 9. The quantitative estimate of drug-likeness (QED) is 0.533. The number of likely N-dealkylation sites (tertiary alicyclic amines) is 1. The average molecular weight is 470 g/mol. The van der Waals surface area contributed by atoms with Gasteiger partial charge in [0.1, 0.15) is 11.4 Å². The van der Waals surface area contributed by atoms with E-state index in [4.69, 9.17) is 9.47 Å². The molecule has 2 N–H and O–H groups in total. The topological polar surface area (TPSA) is 79.9 Å². The maximum atomic E-state index is 15.2. The second kappa shape index (κ2) is 11.6. The lowest BCUT2D eigenvalue weighted by Gasteiger charge is -2.36. The molecule has 7 nitrogen and oxygen atoms in total. The lowest BCUT2D eigenvalue weighted by molar-refractivity contribution is -0.146. The molecule has 0 radical (unpaired) electrons. The molecule has 2 rings (SSSR count). The zero-order valence-corrected chi connectivity index (χ0v) is 20.2. The summed E-state index contributed by atoms with van der Waals surface area (Å²) in [6, 6.07) is 3.75. The number of ether oxygens (including phenoxy) is 2. The van der Waals surface area contributed by atoms with Crippen molar-refractivity contribution in [3.63, 3.8) is 0 Å². The average Bonchev–Trinajstić information content (AvgIpc) is 2.73. The van der Waals surface area contributed by atoms with Crippen LogP contribution in [0.2, 0.25) is 0 Å². The zero-order valence-electron chi connectivity index (χ0n) is 20.2. The third-order valence-electron chi connectivity index (χ3n) is 5.43. The molecule has 1 saturated heterocycles. The van der Waals surface area contributed by atoms with Crippen LogP contribution in [-0.4, -0.2) is 61.3 Å². The smallest absolute Gasteiger partial charge is 0.407 e. The van der Waals surface area contributed by atoms with Crippen molar-refractivity contribution in [3.05, 3.63) is 29.8 Å². The van der Waals surface area contributed by atoms with Gasteiger partial charge in [-0.3, -0.25) is 4.79 Å². The number of unbranched alkanes of at least 4 members (excludes halogenated alkanes) is 1. The predicted octanol–water partition coefficient (Wildman–Crippen LogP) is 4.06. The van der Waals surface area contributed by atoms with Gasteiger partial charge in [0, 0.05) is 24.7 Å². The number of halogens is 2. The maximum Gasteiger partial charge on any atom is 0.407 e. The van der Waals surface area contributed by atoms with Gasteiger partial charge in [-0.25, -0.2) is 4.79 Å². The summed E-state index contributed by atoms with van der Waals surface area (Å²) in [5, 5.41) is 5.28. The van der Waals surface area contributed by atoms with E-state index < -0.39 is 29.6 Å². The first-order valence-corrected chi connectivity index (χ1v) is 11.5. The Hall–Kier alpha value is -2.42. The number of carbonyl (C=O) groups excluding carboxylic acids is 2. The van der Waals surface area contributed by atoms with Crippen molar-refractivity contribution in [3.8, 4) is 5.75 Å². The van der Waals surface area contributed by atoms with Gasteiger partial charge in [-0.15, -0.1) is 0 Å². The van der Waals surface area contributed by atoms with E-state index in [2.05, 4.69) is 10.6 Å². The highest BCUT2D eigenvalue weighted by Crippen LogP contribution is 2.34. The highest BCUT2D eigenvalue weighted by atomic mass is 19.3. The van der Waals surface area contributed by atoms with Crippen LogP contribution in [0.3, 0.4) is 0 Å². The van der Waals surface area contributed by atoms with Gasteiger partial charge in [0.05, 0.1) is 6.61 Å². The molecule has 1 aromatic carbocycles. The maximum absolute atomic E-state index is 15.2. The molecule has 0 bridgehead atoms. The molecule has 186 valence electrons. The molecule has 33 heavy (non-hydrogen) atoms. The number of piperidine rings is 1. The first-order chi connectivity index (χ1) is 15.5. The largest absolute Gasteiger partial charge is 0.494 e. The van der Waals surface area contributed by atoms with Crippen LogP contribution in [0.15, 0.2) is 24.3 Å². The molecule has 1 fully saturated rings. The van der Waals surface area contributed by atoms with Crippen molar-refractivity contribution in [2.75, 3.05) is 26.7 Å². The second-order valence-electron chi connectivity index (χ2n) is 9.32. The van der Waals surface area contributed by atoms with Gasteiger partial charge >= 0.3 is 6.09 Å². The van der Waals surface area contributed by atoms with Crippen LogP contribution in [0.4, 0.5) is 13.6 Å². The molecule has 2 amide bonds. The molecule has 0 aliphatic carbocycles. The Labute approximate surface area is 195 Å². The van der Waals surface area contributed by atoms with Crippen LogP contribution in [0, 0.1) is 0 Å². The fourth-order valence-electron chi connectivity index (χ4n) is 3.64. The van der Waals surface area contributed by atoms with E-state index in [-0.39, 0.29) is 24.7 Å². The minimum atomic E-state index is -3.40. The molecule has 1 atom stereocenters. The van der Waals surface area contributed by atoms with Crippen LogP contribution in [0.1, 0.15) is 58.9 Å². The van der Waals surface area contributed by atoms with E-state index in [1.54, 1.807) is 20.8 Å². The summed E-state index contributed by atoms with van der Waals surface area (Å²) >= 11 is 0. The molecule has 0 spiro atoms. The minimum absolute atomic E-state index is 0.169. The van der Waals surface area contributed by atoms with Crippen LogP contribution in [0.5, 0.6) is 5.75 Å². The van der Waals surface area contributed by atoms with Gasteiger partial charge in [0.15, 0.2) is 6.04 Å². The summed E-state index contributed by atoms with van der Waals surface area (Å²) in [5.41, 5.74) is -0.855.